The lowest BCUT2D eigenvalue weighted by Crippen LogP contribution is -2.26. The smallest absolute Gasteiger partial charge is 0.230 e. The monoisotopic (exact) mass is 307 g/mol. The number of nitrogens with two attached hydrogens (primary N) is 1. The van der Waals surface area contributed by atoms with E-state index in [4.69, 9.17) is 5.73 Å². The Morgan fingerprint density at radius 1 is 1.14 bits per heavy atom. The molecule has 112 valence electrons. The van der Waals surface area contributed by atoms with Crippen molar-refractivity contribution in [1.82, 2.24) is 5.43 Å². The fourth-order valence-corrected chi connectivity index (χ4v) is 1.51. The van der Waals surface area contributed by atoms with Crippen molar-refractivity contribution in [1.29, 1.82) is 0 Å². The Bertz CT molecular complexity index is 568. The Hall–Kier alpha value is -2.48. The van der Waals surface area contributed by atoms with Gasteiger partial charge < -0.3 is 16.4 Å². The second-order valence-electron chi connectivity index (χ2n) is 4.31. The Morgan fingerprint density at radius 2 is 1.67 bits per heavy atom. The van der Waals surface area contributed by atoms with Gasteiger partial charge in [-0.1, -0.05) is 0 Å². The number of carbonyl (C=O) groups is 2. The number of nitrogens with one attached hydrogen (secondary N) is 3. The predicted molar refractivity (Wildman–Crippen MR) is 87.0 cm³/mol. The highest BCUT2D eigenvalue weighted by Crippen LogP contribution is 2.13. The van der Waals surface area contributed by atoms with Gasteiger partial charge in [-0.3, -0.25) is 15.0 Å². The van der Waals surface area contributed by atoms with Crippen LogP contribution in [0.25, 0.3) is 0 Å². The van der Waals surface area contributed by atoms with Crippen LogP contribution in [0.2, 0.25) is 0 Å². The third kappa shape index (κ3) is 7.02. The van der Waals surface area contributed by atoms with Gasteiger partial charge in [-0.2, -0.15) is 5.10 Å². The topological polar surface area (TPSA) is 109 Å². The summed E-state index contributed by atoms with van der Waals surface area (Å²) in [7, 11) is 0. The fraction of sp³-hybridized carbons (Fsp3) is 0.231. The number of hydrogen-bond donors (Lipinski definition) is 4. The summed E-state index contributed by atoms with van der Waals surface area (Å²) in [4.78, 5) is 22.7. The minimum absolute atomic E-state index is 0.0447. The number of carbonyl (C=O) groups excluding carboxylic acids is 2. The van der Waals surface area contributed by atoms with Gasteiger partial charge in [-0.15, -0.1) is 0 Å². The van der Waals surface area contributed by atoms with E-state index in [0.717, 1.165) is 0 Å². The summed E-state index contributed by atoms with van der Waals surface area (Å²) in [5.74, 6) is -0.364. The first kappa shape index (κ1) is 16.6. The summed E-state index contributed by atoms with van der Waals surface area (Å²) in [5, 5.41) is 9.25. The van der Waals surface area contributed by atoms with E-state index in [0.29, 0.717) is 17.1 Å². The van der Waals surface area contributed by atoms with Gasteiger partial charge in [0.2, 0.25) is 11.8 Å². The maximum Gasteiger partial charge on any atom is 0.230 e. The van der Waals surface area contributed by atoms with Gasteiger partial charge in [0.05, 0.1) is 6.42 Å². The molecule has 1 aromatic rings. The molecule has 21 heavy (non-hydrogen) atoms. The molecule has 0 bridgehead atoms. The minimum atomic E-state index is -0.215. The minimum Gasteiger partial charge on any atom is -0.375 e. The average Bonchev–Trinajstić information content (AvgIpc) is 2.38. The first-order valence-corrected chi connectivity index (χ1v) is 6.53. The molecule has 1 aromatic carbocycles. The van der Waals surface area contributed by atoms with E-state index in [9.17, 15) is 9.59 Å². The van der Waals surface area contributed by atoms with Crippen LogP contribution in [0.1, 0.15) is 20.3 Å². The standard InChI is InChI=1S/C13H17N5O2S/c1-8(17-18-13(14)21)7-12(20)16-11-5-3-10(4-6-11)15-9(2)19/h3-6H,7H2,1-2H3,(H,15,19)(H,16,20)(H3,14,18,21)/b17-8-. The third-order valence-corrected chi connectivity index (χ3v) is 2.35. The van der Waals surface area contributed by atoms with Crippen LogP contribution >= 0.6 is 12.2 Å². The molecule has 0 atom stereocenters. The van der Waals surface area contributed by atoms with Gasteiger partial charge >= 0.3 is 0 Å². The van der Waals surface area contributed by atoms with Crippen LogP contribution in [0.3, 0.4) is 0 Å². The maximum absolute atomic E-state index is 11.8. The quantitative estimate of drug-likeness (QED) is 0.371. The van der Waals surface area contributed by atoms with Gasteiger partial charge in [-0.05, 0) is 43.4 Å². The molecule has 0 aliphatic rings. The number of rotatable bonds is 5. The summed E-state index contributed by atoms with van der Waals surface area (Å²) in [6.45, 7) is 3.11. The Morgan fingerprint density at radius 3 is 2.14 bits per heavy atom. The van der Waals surface area contributed by atoms with Crippen molar-refractivity contribution in [3.8, 4) is 0 Å². The first-order chi connectivity index (χ1) is 9.86. The van der Waals surface area contributed by atoms with Crippen molar-refractivity contribution in [3.05, 3.63) is 24.3 Å². The molecule has 0 fully saturated rings. The molecule has 8 heteroatoms. The molecule has 0 radical (unpaired) electrons. The van der Waals surface area contributed by atoms with E-state index in [2.05, 4.69) is 33.4 Å². The van der Waals surface area contributed by atoms with Crippen LogP contribution in [0.15, 0.2) is 29.4 Å². The number of amides is 2. The lowest BCUT2D eigenvalue weighted by Gasteiger charge is -2.07. The SMILES string of the molecule is CC(=O)Nc1ccc(NC(=O)C/C(C)=N\NC(N)=S)cc1. The van der Waals surface area contributed by atoms with Crippen LogP contribution in [0, 0.1) is 0 Å². The van der Waals surface area contributed by atoms with Gasteiger partial charge in [0.1, 0.15) is 0 Å². The predicted octanol–water partition coefficient (Wildman–Crippen LogP) is 1.18. The highest BCUT2D eigenvalue weighted by molar-refractivity contribution is 7.80. The zero-order valence-corrected chi connectivity index (χ0v) is 12.6. The second kappa shape index (κ2) is 7.95. The van der Waals surface area contributed by atoms with Crippen LogP contribution in [-0.4, -0.2) is 22.6 Å². The molecule has 0 heterocycles. The zero-order chi connectivity index (χ0) is 15.8. The van der Waals surface area contributed by atoms with E-state index in [1.54, 1.807) is 31.2 Å². The molecule has 1 rings (SSSR count). The van der Waals surface area contributed by atoms with E-state index in [-0.39, 0.29) is 23.3 Å². The molecular weight excluding hydrogens is 290 g/mol. The molecule has 7 nitrogen and oxygen atoms in total. The van der Waals surface area contributed by atoms with Gasteiger partial charge in [0.15, 0.2) is 5.11 Å². The van der Waals surface area contributed by atoms with Crippen molar-refractivity contribution in [2.45, 2.75) is 20.3 Å². The molecule has 2 amide bonds. The molecule has 0 aliphatic heterocycles. The number of hydrogen-bond acceptors (Lipinski definition) is 4. The highest BCUT2D eigenvalue weighted by atomic mass is 32.1. The second-order valence-corrected chi connectivity index (χ2v) is 4.75. The summed E-state index contributed by atoms with van der Waals surface area (Å²) in [6, 6.07) is 6.80. The molecule has 0 aromatic heterocycles. The number of thiocarbonyl (C=S) groups is 1. The first-order valence-electron chi connectivity index (χ1n) is 6.13. The largest absolute Gasteiger partial charge is 0.375 e. The molecule has 0 unspecified atom stereocenters. The van der Waals surface area contributed by atoms with E-state index >= 15 is 0 Å². The number of anilines is 2. The fourth-order valence-electron chi connectivity index (χ4n) is 1.47. The van der Waals surface area contributed by atoms with Crippen molar-refractivity contribution in [3.63, 3.8) is 0 Å². The molecule has 5 N–H and O–H groups in total. The van der Waals surface area contributed by atoms with Gasteiger partial charge in [-0.25, -0.2) is 0 Å². The average molecular weight is 307 g/mol. The Kier molecular flexibility index (Phi) is 6.28. The van der Waals surface area contributed by atoms with Gasteiger partial charge in [0, 0.05) is 24.0 Å². The van der Waals surface area contributed by atoms with Gasteiger partial charge in [0.25, 0.3) is 0 Å². The van der Waals surface area contributed by atoms with Crippen molar-refractivity contribution >= 4 is 46.2 Å². The number of nitrogens with zero attached hydrogens (tertiary/aromatic N) is 1. The summed E-state index contributed by atoms with van der Waals surface area (Å²) >= 11 is 4.60. The van der Waals surface area contributed by atoms with Crippen molar-refractivity contribution < 1.29 is 9.59 Å². The maximum atomic E-state index is 11.8. The summed E-state index contributed by atoms with van der Waals surface area (Å²) < 4.78 is 0. The Balaban J connectivity index is 2.53. The van der Waals surface area contributed by atoms with E-state index in [1.165, 1.54) is 6.92 Å². The van der Waals surface area contributed by atoms with E-state index in [1.807, 2.05) is 0 Å². The summed E-state index contributed by atoms with van der Waals surface area (Å²) in [5.41, 5.74) is 9.49. The van der Waals surface area contributed by atoms with E-state index < -0.39 is 0 Å². The number of hydrazone groups is 1. The normalized spacial score (nSPS) is 10.7. The molecule has 0 saturated heterocycles. The van der Waals surface area contributed by atoms with Crippen molar-refractivity contribution in [2.75, 3.05) is 10.6 Å². The zero-order valence-electron chi connectivity index (χ0n) is 11.8. The lowest BCUT2D eigenvalue weighted by molar-refractivity contribution is -0.115. The summed E-state index contributed by atoms with van der Waals surface area (Å²) in [6.07, 6.45) is 0.114. The number of benzene rings is 1. The highest BCUT2D eigenvalue weighted by Gasteiger charge is 2.05. The van der Waals surface area contributed by atoms with Crippen LogP contribution < -0.4 is 21.8 Å². The van der Waals surface area contributed by atoms with Crippen LogP contribution in [-0.2, 0) is 9.59 Å². The van der Waals surface area contributed by atoms with Crippen LogP contribution in [0.4, 0.5) is 11.4 Å². The Labute approximate surface area is 128 Å². The molecule has 0 spiro atoms. The van der Waals surface area contributed by atoms with Crippen molar-refractivity contribution in [2.24, 2.45) is 10.8 Å². The van der Waals surface area contributed by atoms with Crippen LogP contribution in [0.5, 0.6) is 0 Å². The molecular formula is C13H17N5O2S. The third-order valence-electron chi connectivity index (χ3n) is 2.26. The molecule has 0 saturated carbocycles. The lowest BCUT2D eigenvalue weighted by atomic mass is 10.2. The molecule has 0 aliphatic carbocycles.